The molecular weight excluding hydrogens is 336 g/mol. The van der Waals surface area contributed by atoms with E-state index in [9.17, 15) is 0 Å². The average Bonchev–Trinajstić information content (AvgIpc) is 2.71. The number of hydrogen-bond acceptors (Lipinski definition) is 0. The van der Waals surface area contributed by atoms with Crippen LogP contribution >= 0.6 is 0 Å². The summed E-state index contributed by atoms with van der Waals surface area (Å²) in [5.74, 6) is 0. The zero-order chi connectivity index (χ0) is 19.8. The summed E-state index contributed by atoms with van der Waals surface area (Å²) in [6.07, 6.45) is 55.5. The van der Waals surface area contributed by atoms with Gasteiger partial charge in [0.05, 0.1) is 0 Å². The fourth-order valence-electron chi connectivity index (χ4n) is 1.90. The molecule has 0 N–H and O–H groups in total. The van der Waals surface area contributed by atoms with Gasteiger partial charge in [0.1, 0.15) is 0 Å². The van der Waals surface area contributed by atoms with E-state index in [-0.39, 0.29) is 0 Å². The molecule has 0 saturated carbocycles. The molecule has 0 fully saturated rings. The van der Waals surface area contributed by atoms with E-state index >= 15 is 0 Å². The standard InChI is InChI=1S/C28H29/c1-2-4-6-8-10-12-14-16-18-20-22-24-26-28-27-25-23-21-19-17-15-13-11-9-7-5-3-1/h1-25H,26,28H2/b3-1?,4-2?,7-5-,8-6-,11-9-,12-10-,15-13-,16-14-,19-17-,20-18-,23-21-,24-22-,27-25?. The Morgan fingerprint density at radius 2 is 0.607 bits per heavy atom. The Hall–Kier alpha value is -3.38. The van der Waals surface area contributed by atoms with E-state index < -0.39 is 0 Å². The normalized spacial score (nSPS) is 28.0. The van der Waals surface area contributed by atoms with Crippen LogP contribution in [0, 0.1) is 6.08 Å². The lowest BCUT2D eigenvalue weighted by atomic mass is 10.2. The van der Waals surface area contributed by atoms with Crippen molar-refractivity contribution in [3.05, 3.63) is 158 Å². The van der Waals surface area contributed by atoms with Crippen molar-refractivity contribution >= 4 is 0 Å². The van der Waals surface area contributed by atoms with Crippen LogP contribution in [0.2, 0.25) is 0 Å². The first-order valence-electron chi connectivity index (χ1n) is 9.55. The maximum Gasteiger partial charge on any atom is -0.0241 e. The van der Waals surface area contributed by atoms with Gasteiger partial charge in [0.25, 0.3) is 0 Å². The molecule has 0 aromatic heterocycles. The number of hydrogen-bond donors (Lipinski definition) is 0. The molecule has 0 aromatic carbocycles. The Labute approximate surface area is 171 Å². The monoisotopic (exact) mass is 365 g/mol. The molecule has 0 spiro atoms. The maximum atomic E-state index is 3.26. The molecule has 0 bridgehead atoms. The van der Waals surface area contributed by atoms with Gasteiger partial charge in [-0.05, 0) is 18.9 Å². The van der Waals surface area contributed by atoms with Crippen molar-refractivity contribution in [3.8, 4) is 0 Å². The third kappa shape index (κ3) is 17.4. The Balaban J connectivity index is 2.61. The molecule has 1 aliphatic carbocycles. The molecule has 0 heteroatoms. The topological polar surface area (TPSA) is 0 Å². The second-order valence-electron chi connectivity index (χ2n) is 5.57. The van der Waals surface area contributed by atoms with Crippen molar-refractivity contribution in [1.82, 2.24) is 0 Å². The summed E-state index contributed by atoms with van der Waals surface area (Å²) < 4.78 is 0. The fraction of sp³-hybridized carbons (Fsp3) is 0.0714. The zero-order valence-corrected chi connectivity index (χ0v) is 16.3. The first-order valence-corrected chi connectivity index (χ1v) is 9.55. The second-order valence-corrected chi connectivity index (χ2v) is 5.57. The van der Waals surface area contributed by atoms with E-state index in [1.807, 2.05) is 140 Å². The minimum absolute atomic E-state index is 0.922. The Morgan fingerprint density at radius 1 is 0.321 bits per heavy atom. The molecule has 0 saturated heterocycles. The van der Waals surface area contributed by atoms with Crippen LogP contribution < -0.4 is 0 Å². The lowest BCUT2D eigenvalue weighted by Crippen LogP contribution is -1.64. The van der Waals surface area contributed by atoms with Gasteiger partial charge in [-0.3, -0.25) is 0 Å². The molecular formula is C28H29. The molecule has 0 aromatic rings. The number of rotatable bonds is 0. The van der Waals surface area contributed by atoms with E-state index in [0.717, 1.165) is 12.8 Å². The molecule has 141 valence electrons. The molecule has 1 rings (SSSR count). The largest absolute Gasteiger partial charge is 0.0842 e. The number of allylic oxidation sites excluding steroid dienone is 26. The van der Waals surface area contributed by atoms with Gasteiger partial charge in [-0.2, -0.15) is 0 Å². The van der Waals surface area contributed by atoms with Crippen molar-refractivity contribution in [2.24, 2.45) is 0 Å². The molecule has 0 unspecified atom stereocenters. The van der Waals surface area contributed by atoms with Gasteiger partial charge < -0.3 is 0 Å². The average molecular weight is 366 g/mol. The Morgan fingerprint density at radius 3 is 0.964 bits per heavy atom. The summed E-state index contributed by atoms with van der Waals surface area (Å²) >= 11 is 0. The minimum atomic E-state index is 0.922. The molecule has 0 heterocycles. The summed E-state index contributed by atoms with van der Waals surface area (Å²) in [6.45, 7) is 0. The van der Waals surface area contributed by atoms with Gasteiger partial charge in [-0.15, -0.1) is 0 Å². The molecule has 1 aliphatic rings. The van der Waals surface area contributed by atoms with E-state index in [2.05, 4.69) is 18.2 Å². The predicted octanol–water partition coefficient (Wildman–Crippen LogP) is 7.81. The highest BCUT2D eigenvalue weighted by atomic mass is 13.8. The Kier molecular flexibility index (Phi) is 16.1. The first kappa shape index (κ1) is 22.7. The van der Waals surface area contributed by atoms with E-state index in [4.69, 9.17) is 0 Å². The van der Waals surface area contributed by atoms with Crippen LogP contribution in [0.5, 0.6) is 0 Å². The van der Waals surface area contributed by atoms with E-state index in [0.29, 0.717) is 0 Å². The highest BCUT2D eigenvalue weighted by Crippen LogP contribution is 1.94. The highest BCUT2D eigenvalue weighted by molar-refractivity contribution is 5.23. The van der Waals surface area contributed by atoms with Crippen LogP contribution in [0.3, 0.4) is 0 Å². The zero-order valence-electron chi connectivity index (χ0n) is 16.3. The second kappa shape index (κ2) is 19.9. The van der Waals surface area contributed by atoms with Crippen molar-refractivity contribution in [2.45, 2.75) is 12.8 Å². The lowest BCUT2D eigenvalue weighted by Gasteiger charge is -1.83. The van der Waals surface area contributed by atoms with Gasteiger partial charge in [-0.1, -0.05) is 152 Å². The molecule has 0 amide bonds. The molecule has 0 nitrogen and oxygen atoms in total. The Bertz CT molecular complexity index is 695. The van der Waals surface area contributed by atoms with Crippen molar-refractivity contribution in [1.29, 1.82) is 0 Å². The highest BCUT2D eigenvalue weighted by Gasteiger charge is 1.74. The molecule has 0 aliphatic heterocycles. The summed E-state index contributed by atoms with van der Waals surface area (Å²) in [4.78, 5) is 0. The van der Waals surface area contributed by atoms with Gasteiger partial charge >= 0.3 is 0 Å². The van der Waals surface area contributed by atoms with Crippen LogP contribution in [0.1, 0.15) is 12.8 Å². The fourth-order valence-corrected chi connectivity index (χ4v) is 1.90. The quantitative estimate of drug-likeness (QED) is 0.410. The summed E-state index contributed by atoms with van der Waals surface area (Å²) in [7, 11) is 0. The van der Waals surface area contributed by atoms with Gasteiger partial charge in [0.15, 0.2) is 0 Å². The first-order chi connectivity index (χ1) is 14.0. The van der Waals surface area contributed by atoms with Gasteiger partial charge in [-0.25, -0.2) is 0 Å². The van der Waals surface area contributed by atoms with Gasteiger partial charge in [0.2, 0.25) is 0 Å². The summed E-state index contributed by atoms with van der Waals surface area (Å²) in [5.41, 5.74) is 0. The third-order valence-electron chi connectivity index (χ3n) is 3.25. The van der Waals surface area contributed by atoms with Crippen LogP contribution in [-0.2, 0) is 0 Å². The van der Waals surface area contributed by atoms with Crippen LogP contribution in [0.25, 0.3) is 0 Å². The van der Waals surface area contributed by atoms with Gasteiger partial charge in [0, 0.05) is 0 Å². The smallest absolute Gasteiger partial charge is 0.0241 e. The van der Waals surface area contributed by atoms with Crippen LogP contribution in [0.4, 0.5) is 0 Å². The van der Waals surface area contributed by atoms with Crippen molar-refractivity contribution in [3.63, 3.8) is 0 Å². The molecule has 0 atom stereocenters. The van der Waals surface area contributed by atoms with Crippen LogP contribution in [-0.4, -0.2) is 0 Å². The predicted molar refractivity (Wildman–Crippen MR) is 127 cm³/mol. The molecule has 1 radical (unpaired) electrons. The van der Waals surface area contributed by atoms with Crippen molar-refractivity contribution < 1.29 is 0 Å². The van der Waals surface area contributed by atoms with Crippen LogP contribution in [0.15, 0.2) is 152 Å². The maximum absolute atomic E-state index is 3.26. The third-order valence-corrected chi connectivity index (χ3v) is 3.25. The van der Waals surface area contributed by atoms with E-state index in [1.54, 1.807) is 0 Å². The summed E-state index contributed by atoms with van der Waals surface area (Å²) in [5, 5.41) is 0. The van der Waals surface area contributed by atoms with E-state index in [1.165, 1.54) is 0 Å². The SMILES string of the molecule is [C]1=C\C=C/C=C\C=C/C=C\C=C/C=CC=C\C=C/C=C\C=C/C=C\C=C/CC1. The molecule has 28 heavy (non-hydrogen) atoms. The minimum Gasteiger partial charge on any atom is -0.0842 e. The van der Waals surface area contributed by atoms with Crippen molar-refractivity contribution in [2.75, 3.05) is 0 Å². The lowest BCUT2D eigenvalue weighted by molar-refractivity contribution is 1.03. The summed E-state index contributed by atoms with van der Waals surface area (Å²) in [6, 6.07) is 0.